The summed E-state index contributed by atoms with van der Waals surface area (Å²) in [5.74, 6) is -0.216. The number of anilines is 1. The maximum absolute atomic E-state index is 12.7. The molecule has 2 aromatic carbocycles. The summed E-state index contributed by atoms with van der Waals surface area (Å²) in [5, 5.41) is 2.62. The fourth-order valence-corrected chi connectivity index (χ4v) is 3.58. The molecule has 0 saturated heterocycles. The fraction of sp³-hybridized carbons (Fsp3) is 0.118. The van der Waals surface area contributed by atoms with Gasteiger partial charge in [-0.25, -0.2) is 4.98 Å². The molecule has 2 heterocycles. The van der Waals surface area contributed by atoms with Gasteiger partial charge < -0.3 is 15.2 Å². The van der Waals surface area contributed by atoms with Crippen molar-refractivity contribution in [2.75, 3.05) is 11.9 Å². The van der Waals surface area contributed by atoms with E-state index in [0.717, 1.165) is 45.0 Å². The number of aromatic amines is 1. The first-order valence-corrected chi connectivity index (χ1v) is 9.00. The van der Waals surface area contributed by atoms with E-state index >= 15 is 0 Å². The average molecular weight is 382 g/mol. The molecule has 1 amide bonds. The maximum Gasteiger partial charge on any atom is 0.251 e. The Balaban J connectivity index is 1.78. The van der Waals surface area contributed by atoms with Crippen molar-refractivity contribution in [2.45, 2.75) is 6.04 Å². The number of carbonyl (C=O) groups is 1. The van der Waals surface area contributed by atoms with E-state index in [2.05, 4.69) is 24.0 Å². The second kappa shape index (κ2) is 6.77. The Kier molecular flexibility index (Phi) is 4.31. The molecule has 2 N–H and O–H groups in total. The first-order valence-electron chi connectivity index (χ1n) is 7.79. The van der Waals surface area contributed by atoms with Crippen LogP contribution in [0.4, 0.5) is 5.69 Å². The third kappa shape index (κ3) is 2.91. The molecule has 0 aliphatic heterocycles. The zero-order valence-electron chi connectivity index (χ0n) is 13.7. The number of H-pyrrole nitrogens is 1. The minimum atomic E-state index is -0.573. The molecule has 0 radical (unpaired) electrons. The summed E-state index contributed by atoms with van der Waals surface area (Å²) in [6.07, 6.45) is 1.65. The number of benzene rings is 2. The Morgan fingerprint density at radius 1 is 1.23 bits per heavy atom. The van der Waals surface area contributed by atoms with Gasteiger partial charge in [0, 0.05) is 12.7 Å². The second-order valence-corrected chi connectivity index (χ2v) is 6.52. The van der Waals surface area contributed by atoms with E-state index in [1.54, 1.807) is 6.33 Å². The number of nitrogens with zero attached hydrogens (tertiary/aromatic N) is 4. The summed E-state index contributed by atoms with van der Waals surface area (Å²) in [4.78, 5) is 22.0. The number of thiocarbonyl (C=S) groups is 1. The third-order valence-electron chi connectivity index (χ3n) is 4.24. The zero-order chi connectivity index (χ0) is 18.1. The summed E-state index contributed by atoms with van der Waals surface area (Å²) in [6, 6.07) is 10.9. The molecule has 4 aromatic rings. The van der Waals surface area contributed by atoms with E-state index in [1.807, 2.05) is 48.3 Å². The van der Waals surface area contributed by atoms with Crippen molar-refractivity contribution >= 4 is 63.1 Å². The Bertz CT molecular complexity index is 1100. The zero-order valence-corrected chi connectivity index (χ0v) is 15.3. The number of amides is 1. The molecule has 2 aromatic heterocycles. The van der Waals surface area contributed by atoms with Crippen molar-refractivity contribution in [1.29, 1.82) is 0 Å². The topological polar surface area (TPSA) is 86.8 Å². The molecule has 1 unspecified atom stereocenters. The van der Waals surface area contributed by atoms with E-state index in [9.17, 15) is 4.79 Å². The number of rotatable bonds is 5. The molecule has 0 aliphatic rings. The number of hydrogen-bond donors (Lipinski definition) is 2. The van der Waals surface area contributed by atoms with Crippen molar-refractivity contribution in [2.24, 2.45) is 0 Å². The number of fused-ring (bicyclic) bond motifs is 2. The third-order valence-corrected chi connectivity index (χ3v) is 4.92. The molecule has 9 heteroatoms. The van der Waals surface area contributed by atoms with Crippen LogP contribution in [0.2, 0.25) is 0 Å². The van der Waals surface area contributed by atoms with E-state index < -0.39 is 6.04 Å². The highest BCUT2D eigenvalue weighted by atomic mass is 32.1. The fourth-order valence-electron chi connectivity index (χ4n) is 2.95. The standard InChI is InChI=1S/C17H14N6OS2/c1-23(11-3-5-12-14(7-11)19-8-18-12)16(17(24)20-9-25)10-2-4-13-15(6-10)22-26-21-13/h2-9,16H,1H3,(H,18,19)(H,20,24,25). The van der Waals surface area contributed by atoms with Gasteiger partial charge in [-0.3, -0.25) is 4.79 Å². The van der Waals surface area contributed by atoms with Crippen molar-refractivity contribution in [1.82, 2.24) is 24.0 Å². The summed E-state index contributed by atoms with van der Waals surface area (Å²) < 4.78 is 8.48. The highest BCUT2D eigenvalue weighted by molar-refractivity contribution is 7.78. The number of hydrogen-bond acceptors (Lipinski definition) is 7. The Morgan fingerprint density at radius 3 is 2.92 bits per heavy atom. The summed E-state index contributed by atoms with van der Waals surface area (Å²) in [7, 11) is 1.87. The van der Waals surface area contributed by atoms with Crippen LogP contribution in [0.1, 0.15) is 11.6 Å². The lowest BCUT2D eigenvalue weighted by molar-refractivity contribution is -0.120. The van der Waals surface area contributed by atoms with Crippen LogP contribution in [-0.2, 0) is 4.79 Å². The number of aromatic nitrogens is 4. The molecular weight excluding hydrogens is 368 g/mol. The average Bonchev–Trinajstić information content (AvgIpc) is 3.30. The summed E-state index contributed by atoms with van der Waals surface area (Å²) in [5.41, 5.74) is 6.26. The van der Waals surface area contributed by atoms with E-state index in [4.69, 9.17) is 12.2 Å². The van der Waals surface area contributed by atoms with Crippen LogP contribution >= 0.6 is 23.9 Å². The van der Waals surface area contributed by atoms with Gasteiger partial charge >= 0.3 is 0 Å². The Hall–Kier alpha value is -2.91. The normalized spacial score (nSPS) is 12.2. The highest BCUT2D eigenvalue weighted by Crippen LogP contribution is 2.29. The van der Waals surface area contributed by atoms with Gasteiger partial charge in [-0.05, 0) is 35.9 Å². The molecule has 7 nitrogen and oxygen atoms in total. The molecule has 0 spiro atoms. The maximum atomic E-state index is 12.7. The summed E-state index contributed by atoms with van der Waals surface area (Å²) >= 11 is 5.96. The molecule has 0 saturated carbocycles. The Labute approximate surface area is 158 Å². The van der Waals surface area contributed by atoms with Crippen molar-refractivity contribution < 1.29 is 4.79 Å². The first kappa shape index (κ1) is 16.6. The molecule has 26 heavy (non-hydrogen) atoms. The lowest BCUT2D eigenvalue weighted by atomic mass is 10.0. The van der Waals surface area contributed by atoms with Crippen LogP contribution in [0.5, 0.6) is 0 Å². The smallest absolute Gasteiger partial charge is 0.251 e. The highest BCUT2D eigenvalue weighted by Gasteiger charge is 2.26. The molecular formula is C17H14N6OS2. The van der Waals surface area contributed by atoms with Crippen LogP contribution in [0.25, 0.3) is 22.1 Å². The first-order chi connectivity index (χ1) is 12.7. The number of nitrogens with one attached hydrogen (secondary N) is 2. The molecule has 0 aliphatic carbocycles. The van der Waals surface area contributed by atoms with Gasteiger partial charge in [0.25, 0.3) is 5.91 Å². The number of carbonyl (C=O) groups excluding carboxylic acids is 1. The van der Waals surface area contributed by atoms with E-state index in [0.29, 0.717) is 0 Å². The van der Waals surface area contributed by atoms with Crippen LogP contribution in [-0.4, -0.2) is 37.2 Å². The summed E-state index contributed by atoms with van der Waals surface area (Å²) in [6.45, 7) is 0. The van der Waals surface area contributed by atoms with E-state index in [-0.39, 0.29) is 5.91 Å². The van der Waals surface area contributed by atoms with Crippen molar-refractivity contribution in [3.8, 4) is 0 Å². The number of imidazole rings is 1. The SMILES string of the molecule is CN(c1ccc2[nH]cnc2c1)C(C(=O)NC=S)c1ccc2nsnc2c1. The van der Waals surface area contributed by atoms with Crippen LogP contribution < -0.4 is 10.2 Å². The van der Waals surface area contributed by atoms with Crippen LogP contribution in [0.15, 0.2) is 42.7 Å². The van der Waals surface area contributed by atoms with Gasteiger partial charge in [0.2, 0.25) is 0 Å². The van der Waals surface area contributed by atoms with Gasteiger partial charge in [-0.1, -0.05) is 18.3 Å². The molecule has 0 fully saturated rings. The van der Waals surface area contributed by atoms with Crippen LogP contribution in [0, 0.1) is 0 Å². The predicted octanol–water partition coefficient (Wildman–Crippen LogP) is 2.82. The van der Waals surface area contributed by atoms with Crippen LogP contribution in [0.3, 0.4) is 0 Å². The quantitative estimate of drug-likeness (QED) is 0.516. The lowest BCUT2D eigenvalue weighted by Gasteiger charge is -2.29. The van der Waals surface area contributed by atoms with Gasteiger partial charge in [-0.2, -0.15) is 8.75 Å². The van der Waals surface area contributed by atoms with Gasteiger partial charge in [-0.15, -0.1) is 0 Å². The predicted molar refractivity (Wildman–Crippen MR) is 106 cm³/mol. The molecule has 0 bridgehead atoms. The molecule has 4 rings (SSSR count). The minimum absolute atomic E-state index is 0.216. The number of likely N-dealkylation sites (N-methyl/N-ethyl adjacent to an activating group) is 1. The lowest BCUT2D eigenvalue weighted by Crippen LogP contribution is -2.38. The van der Waals surface area contributed by atoms with Gasteiger partial charge in [0.15, 0.2) is 0 Å². The Morgan fingerprint density at radius 2 is 2.08 bits per heavy atom. The van der Waals surface area contributed by atoms with Gasteiger partial charge in [0.1, 0.15) is 17.1 Å². The van der Waals surface area contributed by atoms with Crippen molar-refractivity contribution in [3.63, 3.8) is 0 Å². The van der Waals surface area contributed by atoms with Crippen molar-refractivity contribution in [3.05, 3.63) is 48.3 Å². The molecule has 1 atom stereocenters. The van der Waals surface area contributed by atoms with Gasteiger partial charge in [0.05, 0.1) is 34.6 Å². The monoisotopic (exact) mass is 382 g/mol. The second-order valence-electron chi connectivity index (χ2n) is 5.76. The largest absolute Gasteiger partial charge is 0.359 e. The molecule has 130 valence electrons. The minimum Gasteiger partial charge on any atom is -0.359 e. The van der Waals surface area contributed by atoms with E-state index in [1.165, 1.54) is 5.49 Å².